The van der Waals surface area contributed by atoms with Crippen LogP contribution in [0.25, 0.3) is 0 Å². The topological polar surface area (TPSA) is 66.5 Å². The van der Waals surface area contributed by atoms with Crippen molar-refractivity contribution in [3.63, 3.8) is 0 Å². The third-order valence-corrected chi connectivity index (χ3v) is 5.15. The van der Waals surface area contributed by atoms with Crippen molar-refractivity contribution in [2.75, 3.05) is 25.4 Å². The average Bonchev–Trinajstić information content (AvgIpc) is 2.35. The summed E-state index contributed by atoms with van der Waals surface area (Å²) in [4.78, 5) is 12.1. The molecule has 1 heterocycles. The van der Waals surface area contributed by atoms with Gasteiger partial charge in [0.25, 0.3) is 0 Å². The standard InChI is InChI=1S/C13H26N2O3S/c1-5-19(17,18)15-8-6-7-11(9-15)12(16)14-10-13(2,3)4/h11H,5-10H2,1-4H3,(H,14,16)/t11-/m1/s1. The van der Waals surface area contributed by atoms with Crippen molar-refractivity contribution in [3.05, 3.63) is 0 Å². The van der Waals surface area contributed by atoms with E-state index in [0.29, 0.717) is 19.6 Å². The predicted molar refractivity (Wildman–Crippen MR) is 76.2 cm³/mol. The zero-order chi connectivity index (χ0) is 14.7. The van der Waals surface area contributed by atoms with Crippen LogP contribution in [0.1, 0.15) is 40.5 Å². The van der Waals surface area contributed by atoms with Gasteiger partial charge in [-0.2, -0.15) is 0 Å². The second-order valence-electron chi connectivity index (χ2n) is 6.38. The summed E-state index contributed by atoms with van der Waals surface area (Å²) in [6.07, 6.45) is 1.53. The quantitative estimate of drug-likeness (QED) is 0.846. The van der Waals surface area contributed by atoms with Gasteiger partial charge in [-0.3, -0.25) is 4.79 Å². The van der Waals surface area contributed by atoms with Crippen molar-refractivity contribution in [1.29, 1.82) is 0 Å². The number of hydrogen-bond acceptors (Lipinski definition) is 3. The first-order valence-corrected chi connectivity index (χ1v) is 8.52. The van der Waals surface area contributed by atoms with E-state index in [2.05, 4.69) is 26.1 Å². The van der Waals surface area contributed by atoms with E-state index in [1.54, 1.807) is 6.92 Å². The first-order valence-electron chi connectivity index (χ1n) is 6.91. The zero-order valence-electron chi connectivity index (χ0n) is 12.4. The number of amides is 1. The molecule has 5 nitrogen and oxygen atoms in total. The molecule has 0 aromatic rings. The van der Waals surface area contributed by atoms with Gasteiger partial charge in [-0.1, -0.05) is 20.8 Å². The third kappa shape index (κ3) is 5.10. The number of nitrogens with one attached hydrogen (secondary N) is 1. The van der Waals surface area contributed by atoms with E-state index in [9.17, 15) is 13.2 Å². The lowest BCUT2D eigenvalue weighted by Crippen LogP contribution is -2.46. The molecular formula is C13H26N2O3S. The Morgan fingerprint density at radius 3 is 2.53 bits per heavy atom. The largest absolute Gasteiger partial charge is 0.355 e. The first kappa shape index (κ1) is 16.4. The van der Waals surface area contributed by atoms with Gasteiger partial charge in [-0.25, -0.2) is 12.7 Å². The fourth-order valence-corrected chi connectivity index (χ4v) is 3.27. The molecule has 1 fully saturated rings. The summed E-state index contributed by atoms with van der Waals surface area (Å²) >= 11 is 0. The Labute approximate surface area is 116 Å². The van der Waals surface area contributed by atoms with Crippen LogP contribution in [-0.4, -0.2) is 44.0 Å². The summed E-state index contributed by atoms with van der Waals surface area (Å²) < 4.78 is 25.1. The van der Waals surface area contributed by atoms with Crippen LogP contribution < -0.4 is 5.32 Å². The average molecular weight is 290 g/mol. The smallest absolute Gasteiger partial charge is 0.224 e. The van der Waals surface area contributed by atoms with Crippen molar-refractivity contribution in [2.45, 2.75) is 40.5 Å². The van der Waals surface area contributed by atoms with E-state index in [1.807, 2.05) is 0 Å². The van der Waals surface area contributed by atoms with Gasteiger partial charge in [0.2, 0.25) is 15.9 Å². The summed E-state index contributed by atoms with van der Waals surface area (Å²) in [6, 6.07) is 0. The van der Waals surface area contributed by atoms with Crippen LogP contribution in [0.4, 0.5) is 0 Å². The minimum Gasteiger partial charge on any atom is -0.355 e. The molecule has 1 aliphatic heterocycles. The van der Waals surface area contributed by atoms with Crippen molar-refractivity contribution in [2.24, 2.45) is 11.3 Å². The second kappa shape index (κ2) is 6.22. The van der Waals surface area contributed by atoms with Crippen molar-refractivity contribution in [3.8, 4) is 0 Å². The number of carbonyl (C=O) groups excluding carboxylic acids is 1. The van der Waals surface area contributed by atoms with Crippen LogP contribution in [-0.2, 0) is 14.8 Å². The van der Waals surface area contributed by atoms with Gasteiger partial charge in [-0.05, 0) is 25.2 Å². The molecule has 0 bridgehead atoms. The lowest BCUT2D eigenvalue weighted by atomic mass is 9.95. The summed E-state index contributed by atoms with van der Waals surface area (Å²) in [7, 11) is -3.18. The van der Waals surface area contributed by atoms with Gasteiger partial charge < -0.3 is 5.32 Å². The fourth-order valence-electron chi connectivity index (χ4n) is 2.09. The SMILES string of the molecule is CCS(=O)(=O)N1CCC[C@@H](C(=O)NCC(C)(C)C)C1. The number of carbonyl (C=O) groups is 1. The van der Waals surface area contributed by atoms with E-state index in [0.717, 1.165) is 12.8 Å². The van der Waals surface area contributed by atoms with Crippen molar-refractivity contribution < 1.29 is 13.2 Å². The highest BCUT2D eigenvalue weighted by atomic mass is 32.2. The summed E-state index contributed by atoms with van der Waals surface area (Å²) in [5.41, 5.74) is 0.0412. The lowest BCUT2D eigenvalue weighted by molar-refractivity contribution is -0.126. The highest BCUT2D eigenvalue weighted by molar-refractivity contribution is 7.89. The van der Waals surface area contributed by atoms with Gasteiger partial charge in [0.1, 0.15) is 0 Å². The van der Waals surface area contributed by atoms with Crippen LogP contribution in [0, 0.1) is 11.3 Å². The number of piperidine rings is 1. The predicted octanol–water partition coefficient (Wildman–Crippen LogP) is 1.21. The van der Waals surface area contributed by atoms with Gasteiger partial charge in [0, 0.05) is 19.6 Å². The number of sulfonamides is 1. The minimum absolute atomic E-state index is 0.0223. The van der Waals surface area contributed by atoms with Crippen molar-refractivity contribution in [1.82, 2.24) is 9.62 Å². The van der Waals surface area contributed by atoms with Crippen LogP contribution >= 0.6 is 0 Å². The number of nitrogens with zero attached hydrogens (tertiary/aromatic N) is 1. The minimum atomic E-state index is -3.18. The van der Waals surface area contributed by atoms with E-state index in [4.69, 9.17) is 0 Å². The molecular weight excluding hydrogens is 264 g/mol. The molecule has 0 spiro atoms. The molecule has 0 saturated carbocycles. The molecule has 0 aromatic carbocycles. The van der Waals surface area contributed by atoms with Crippen LogP contribution in [0.15, 0.2) is 0 Å². The normalized spacial score (nSPS) is 22.2. The molecule has 0 aromatic heterocycles. The molecule has 1 N–H and O–H groups in total. The van der Waals surface area contributed by atoms with Crippen LogP contribution in [0.5, 0.6) is 0 Å². The lowest BCUT2D eigenvalue weighted by Gasteiger charge is -2.31. The molecule has 1 atom stereocenters. The molecule has 0 radical (unpaired) electrons. The van der Waals surface area contributed by atoms with E-state index in [-0.39, 0.29) is 23.0 Å². The summed E-state index contributed by atoms with van der Waals surface area (Å²) in [5, 5.41) is 2.92. The number of hydrogen-bond donors (Lipinski definition) is 1. The molecule has 1 saturated heterocycles. The number of rotatable bonds is 4. The highest BCUT2D eigenvalue weighted by Gasteiger charge is 2.31. The highest BCUT2D eigenvalue weighted by Crippen LogP contribution is 2.20. The van der Waals surface area contributed by atoms with Gasteiger partial charge in [0.15, 0.2) is 0 Å². The Bertz CT molecular complexity index is 412. The Balaban J connectivity index is 2.58. The third-order valence-electron chi connectivity index (χ3n) is 3.31. The van der Waals surface area contributed by atoms with Crippen molar-refractivity contribution >= 4 is 15.9 Å². The molecule has 1 rings (SSSR count). The van der Waals surface area contributed by atoms with E-state index < -0.39 is 10.0 Å². The molecule has 6 heteroatoms. The molecule has 1 aliphatic rings. The van der Waals surface area contributed by atoms with E-state index >= 15 is 0 Å². The Kier molecular flexibility index (Phi) is 5.38. The van der Waals surface area contributed by atoms with E-state index in [1.165, 1.54) is 4.31 Å². The van der Waals surface area contributed by atoms with Gasteiger partial charge in [0.05, 0.1) is 11.7 Å². The Hall–Kier alpha value is -0.620. The van der Waals surface area contributed by atoms with Gasteiger partial charge in [-0.15, -0.1) is 0 Å². The second-order valence-corrected chi connectivity index (χ2v) is 8.63. The molecule has 19 heavy (non-hydrogen) atoms. The Morgan fingerprint density at radius 1 is 1.37 bits per heavy atom. The maximum absolute atomic E-state index is 12.1. The molecule has 0 aliphatic carbocycles. The summed E-state index contributed by atoms with van der Waals surface area (Å²) in [6.45, 7) is 9.29. The van der Waals surface area contributed by atoms with Crippen LogP contribution in [0.3, 0.4) is 0 Å². The molecule has 1 amide bonds. The monoisotopic (exact) mass is 290 g/mol. The van der Waals surface area contributed by atoms with Crippen LogP contribution in [0.2, 0.25) is 0 Å². The van der Waals surface area contributed by atoms with Gasteiger partial charge >= 0.3 is 0 Å². The Morgan fingerprint density at radius 2 is 2.00 bits per heavy atom. The molecule has 112 valence electrons. The molecule has 0 unspecified atom stereocenters. The first-order chi connectivity index (χ1) is 8.65. The zero-order valence-corrected chi connectivity index (χ0v) is 13.2. The maximum atomic E-state index is 12.1. The summed E-state index contributed by atoms with van der Waals surface area (Å²) in [5.74, 6) is -0.132. The maximum Gasteiger partial charge on any atom is 0.224 e. The fraction of sp³-hybridized carbons (Fsp3) is 0.923.